The van der Waals surface area contributed by atoms with Gasteiger partial charge in [0.2, 0.25) is 0 Å². The molecule has 2 heterocycles. The van der Waals surface area contributed by atoms with Crippen molar-refractivity contribution in [1.82, 2.24) is 10.2 Å². The molecule has 0 unspecified atom stereocenters. The number of aliphatic imine (C=N–C) groups is 1. The highest BCUT2D eigenvalue weighted by Crippen LogP contribution is 2.20. The Morgan fingerprint density at radius 1 is 1.17 bits per heavy atom. The molecule has 7 heteroatoms. The number of nitrogens with one attached hydrogen (secondary N) is 1. The maximum absolute atomic E-state index is 13.9. The SMILES string of the molecule is CN=C(NCc1cccs1)N1CCN(c2ccccc2F)CC1.I. The first kappa shape index (κ1) is 19.0. The van der Waals surface area contributed by atoms with E-state index in [4.69, 9.17) is 0 Å². The van der Waals surface area contributed by atoms with Crippen LogP contribution in [0, 0.1) is 5.82 Å². The van der Waals surface area contributed by atoms with E-state index >= 15 is 0 Å². The third-order valence-corrected chi connectivity index (χ3v) is 4.86. The van der Waals surface area contributed by atoms with E-state index in [0.29, 0.717) is 5.69 Å². The minimum atomic E-state index is -0.152. The summed E-state index contributed by atoms with van der Waals surface area (Å²) in [5.74, 6) is 0.757. The molecule has 0 saturated carbocycles. The molecule has 1 aromatic carbocycles. The second-order valence-electron chi connectivity index (χ2n) is 5.41. The fourth-order valence-corrected chi connectivity index (χ4v) is 3.42. The summed E-state index contributed by atoms with van der Waals surface area (Å²) in [6, 6.07) is 11.1. The van der Waals surface area contributed by atoms with Crippen molar-refractivity contribution < 1.29 is 4.39 Å². The minimum absolute atomic E-state index is 0. The molecule has 24 heavy (non-hydrogen) atoms. The number of anilines is 1. The maximum Gasteiger partial charge on any atom is 0.194 e. The highest BCUT2D eigenvalue weighted by atomic mass is 127. The molecule has 0 spiro atoms. The monoisotopic (exact) mass is 460 g/mol. The lowest BCUT2D eigenvalue weighted by Gasteiger charge is -2.37. The standard InChI is InChI=1S/C17H21FN4S.HI/c1-19-17(20-13-14-5-4-12-23-14)22-10-8-21(9-11-22)16-7-3-2-6-15(16)18;/h2-7,12H,8-11,13H2,1H3,(H,19,20);1H. The molecule has 1 fully saturated rings. The molecule has 1 N–H and O–H groups in total. The van der Waals surface area contributed by atoms with Gasteiger partial charge in [-0.15, -0.1) is 35.3 Å². The summed E-state index contributed by atoms with van der Waals surface area (Å²) in [6.07, 6.45) is 0. The van der Waals surface area contributed by atoms with Gasteiger partial charge in [-0.1, -0.05) is 18.2 Å². The Kier molecular flexibility index (Phi) is 7.29. The quantitative estimate of drug-likeness (QED) is 0.433. The minimum Gasteiger partial charge on any atom is -0.366 e. The fourth-order valence-electron chi connectivity index (χ4n) is 2.78. The molecular formula is C17H22FIN4S. The molecule has 1 aromatic heterocycles. The number of benzene rings is 1. The smallest absolute Gasteiger partial charge is 0.194 e. The van der Waals surface area contributed by atoms with Crippen LogP contribution < -0.4 is 10.2 Å². The second-order valence-corrected chi connectivity index (χ2v) is 6.44. The summed E-state index contributed by atoms with van der Waals surface area (Å²) in [4.78, 5) is 9.98. The van der Waals surface area contributed by atoms with Crippen LogP contribution in [0.15, 0.2) is 46.8 Å². The summed E-state index contributed by atoms with van der Waals surface area (Å²) < 4.78 is 13.9. The number of thiophene rings is 1. The van der Waals surface area contributed by atoms with Gasteiger partial charge >= 0.3 is 0 Å². The number of piperazine rings is 1. The Morgan fingerprint density at radius 3 is 2.54 bits per heavy atom. The predicted molar refractivity (Wildman–Crippen MR) is 110 cm³/mol. The highest BCUT2D eigenvalue weighted by Gasteiger charge is 2.21. The van der Waals surface area contributed by atoms with Gasteiger partial charge in [0.05, 0.1) is 12.2 Å². The Morgan fingerprint density at radius 2 is 1.92 bits per heavy atom. The van der Waals surface area contributed by atoms with Gasteiger partial charge in [-0.25, -0.2) is 4.39 Å². The number of para-hydroxylation sites is 1. The van der Waals surface area contributed by atoms with E-state index < -0.39 is 0 Å². The van der Waals surface area contributed by atoms with Gasteiger partial charge in [-0.2, -0.15) is 0 Å². The zero-order valence-electron chi connectivity index (χ0n) is 13.6. The zero-order valence-corrected chi connectivity index (χ0v) is 16.8. The first-order chi connectivity index (χ1) is 11.3. The third kappa shape index (κ3) is 4.60. The van der Waals surface area contributed by atoms with Crippen molar-refractivity contribution in [3.8, 4) is 0 Å². The van der Waals surface area contributed by atoms with Gasteiger partial charge < -0.3 is 15.1 Å². The first-order valence-electron chi connectivity index (χ1n) is 7.75. The molecule has 1 aliphatic heterocycles. The summed E-state index contributed by atoms with van der Waals surface area (Å²) in [5.41, 5.74) is 0.689. The molecule has 4 nitrogen and oxygen atoms in total. The van der Waals surface area contributed by atoms with E-state index in [2.05, 4.69) is 37.6 Å². The fraction of sp³-hybridized carbons (Fsp3) is 0.353. The Hall–Kier alpha value is -1.35. The molecule has 0 atom stereocenters. The van der Waals surface area contributed by atoms with Crippen LogP contribution in [0.2, 0.25) is 0 Å². The van der Waals surface area contributed by atoms with Crippen molar-refractivity contribution in [1.29, 1.82) is 0 Å². The summed E-state index contributed by atoms with van der Waals surface area (Å²) >= 11 is 1.74. The molecule has 1 aliphatic rings. The Labute approximate surface area is 163 Å². The summed E-state index contributed by atoms with van der Waals surface area (Å²) in [7, 11) is 1.81. The van der Waals surface area contributed by atoms with Crippen molar-refractivity contribution in [2.45, 2.75) is 6.54 Å². The number of hydrogen-bond acceptors (Lipinski definition) is 3. The van der Waals surface area contributed by atoms with Gasteiger partial charge in [0.25, 0.3) is 0 Å². The first-order valence-corrected chi connectivity index (χ1v) is 8.63. The number of guanidine groups is 1. The van der Waals surface area contributed by atoms with E-state index in [1.54, 1.807) is 24.5 Å². The van der Waals surface area contributed by atoms with Gasteiger partial charge in [-0.3, -0.25) is 4.99 Å². The largest absolute Gasteiger partial charge is 0.366 e. The Balaban J connectivity index is 0.00000208. The van der Waals surface area contributed by atoms with Crippen molar-refractivity contribution in [3.63, 3.8) is 0 Å². The molecule has 0 bridgehead atoms. The van der Waals surface area contributed by atoms with E-state index in [1.165, 1.54) is 10.9 Å². The van der Waals surface area contributed by atoms with Crippen LogP contribution in [0.5, 0.6) is 0 Å². The summed E-state index contributed by atoms with van der Waals surface area (Å²) in [6.45, 7) is 4.04. The van der Waals surface area contributed by atoms with Crippen molar-refractivity contribution in [2.24, 2.45) is 4.99 Å². The van der Waals surface area contributed by atoms with E-state index in [9.17, 15) is 4.39 Å². The lowest BCUT2D eigenvalue weighted by molar-refractivity contribution is 0.371. The van der Waals surface area contributed by atoms with Crippen LogP contribution in [-0.4, -0.2) is 44.1 Å². The van der Waals surface area contributed by atoms with E-state index in [-0.39, 0.29) is 29.8 Å². The average molecular weight is 460 g/mol. The van der Waals surface area contributed by atoms with Crippen molar-refractivity contribution in [3.05, 3.63) is 52.5 Å². The second kappa shape index (κ2) is 9.22. The normalized spacial score (nSPS) is 15.2. The average Bonchev–Trinajstić information content (AvgIpc) is 3.10. The number of halogens is 2. The maximum atomic E-state index is 13.9. The number of rotatable bonds is 3. The van der Waals surface area contributed by atoms with Gasteiger partial charge in [0, 0.05) is 38.1 Å². The predicted octanol–water partition coefficient (Wildman–Crippen LogP) is 3.40. The highest BCUT2D eigenvalue weighted by molar-refractivity contribution is 14.0. The van der Waals surface area contributed by atoms with Crippen LogP contribution in [-0.2, 0) is 6.54 Å². The van der Waals surface area contributed by atoms with Crippen LogP contribution in [0.1, 0.15) is 4.88 Å². The molecule has 1 saturated heterocycles. The van der Waals surface area contributed by atoms with Gasteiger partial charge in [0.1, 0.15) is 5.82 Å². The number of nitrogens with zero attached hydrogens (tertiary/aromatic N) is 3. The molecule has 2 aromatic rings. The van der Waals surface area contributed by atoms with Gasteiger partial charge in [-0.05, 0) is 23.6 Å². The zero-order chi connectivity index (χ0) is 16.1. The molecule has 0 amide bonds. The van der Waals surface area contributed by atoms with Crippen LogP contribution in [0.4, 0.5) is 10.1 Å². The molecule has 130 valence electrons. The molecule has 0 radical (unpaired) electrons. The Bertz CT molecular complexity index is 654. The van der Waals surface area contributed by atoms with Crippen molar-refractivity contribution >= 4 is 47.0 Å². The van der Waals surface area contributed by atoms with Crippen LogP contribution in [0.25, 0.3) is 0 Å². The van der Waals surface area contributed by atoms with Gasteiger partial charge in [0.15, 0.2) is 5.96 Å². The van der Waals surface area contributed by atoms with E-state index in [1.807, 2.05) is 12.1 Å². The topological polar surface area (TPSA) is 30.9 Å². The van der Waals surface area contributed by atoms with E-state index in [0.717, 1.165) is 38.7 Å². The molecule has 3 rings (SSSR count). The lowest BCUT2D eigenvalue weighted by atomic mass is 10.2. The van der Waals surface area contributed by atoms with Crippen LogP contribution >= 0.6 is 35.3 Å². The molecular weight excluding hydrogens is 438 g/mol. The summed E-state index contributed by atoms with van der Waals surface area (Å²) in [5, 5.41) is 5.48. The number of hydrogen-bond donors (Lipinski definition) is 1. The third-order valence-electron chi connectivity index (χ3n) is 3.98. The van der Waals surface area contributed by atoms with Crippen molar-refractivity contribution in [2.75, 3.05) is 38.1 Å². The lowest BCUT2D eigenvalue weighted by Crippen LogP contribution is -2.52. The molecule has 0 aliphatic carbocycles. The van der Waals surface area contributed by atoms with Crippen LogP contribution in [0.3, 0.4) is 0 Å².